The summed E-state index contributed by atoms with van der Waals surface area (Å²) in [6.07, 6.45) is -0.608. The van der Waals surface area contributed by atoms with Gasteiger partial charge in [0.1, 0.15) is 5.69 Å². The third kappa shape index (κ3) is 5.10. The lowest BCUT2D eigenvalue weighted by Crippen LogP contribution is -2.38. The molecule has 1 amide bonds. The molecular formula is C24H22F3N3O. The molecule has 0 N–H and O–H groups in total. The summed E-state index contributed by atoms with van der Waals surface area (Å²) in [5, 5.41) is 0. The molecule has 0 atom stereocenters. The van der Waals surface area contributed by atoms with E-state index in [-0.39, 0.29) is 11.8 Å². The molecule has 0 saturated carbocycles. The SMILES string of the molecule is O=C(c1ccccn1)N1CCC(c2cccc(Cc3ccc(C(F)(F)F)cc3)n2)CC1. The molecule has 31 heavy (non-hydrogen) atoms. The Bertz CT molecular complexity index is 1030. The molecule has 3 aromatic rings. The molecule has 1 fully saturated rings. The highest BCUT2D eigenvalue weighted by Crippen LogP contribution is 2.30. The number of rotatable bonds is 4. The molecule has 7 heteroatoms. The fraction of sp³-hybridized carbons (Fsp3) is 0.292. The Morgan fingerprint density at radius 3 is 2.35 bits per heavy atom. The summed E-state index contributed by atoms with van der Waals surface area (Å²) in [6.45, 7) is 1.29. The summed E-state index contributed by atoms with van der Waals surface area (Å²) in [6, 6.07) is 16.3. The summed E-state index contributed by atoms with van der Waals surface area (Å²) in [5.41, 5.74) is 2.38. The number of piperidine rings is 1. The van der Waals surface area contributed by atoms with E-state index in [4.69, 9.17) is 4.98 Å². The van der Waals surface area contributed by atoms with Crippen LogP contribution in [0.15, 0.2) is 66.9 Å². The molecule has 160 valence electrons. The van der Waals surface area contributed by atoms with Gasteiger partial charge in [0.05, 0.1) is 5.56 Å². The molecular weight excluding hydrogens is 403 g/mol. The van der Waals surface area contributed by atoms with Crippen molar-refractivity contribution in [1.82, 2.24) is 14.9 Å². The van der Waals surface area contributed by atoms with Crippen LogP contribution >= 0.6 is 0 Å². The minimum Gasteiger partial charge on any atom is -0.337 e. The number of carbonyl (C=O) groups is 1. The molecule has 2 aromatic heterocycles. The predicted octanol–water partition coefficient (Wildman–Crippen LogP) is 5.11. The van der Waals surface area contributed by atoms with Crippen molar-refractivity contribution in [2.75, 3.05) is 13.1 Å². The standard InChI is InChI=1S/C24H22F3N3O/c25-24(26,27)19-9-7-17(8-10-19)16-20-4-3-6-21(29-20)18-11-14-30(15-12-18)23(31)22-5-1-2-13-28-22/h1-10,13,18H,11-12,14-16H2. The van der Waals surface area contributed by atoms with Gasteiger partial charge < -0.3 is 4.90 Å². The van der Waals surface area contributed by atoms with Crippen molar-refractivity contribution in [1.29, 1.82) is 0 Å². The quantitative estimate of drug-likeness (QED) is 0.584. The molecule has 0 spiro atoms. The average Bonchev–Trinajstić information content (AvgIpc) is 2.79. The van der Waals surface area contributed by atoms with Crippen molar-refractivity contribution in [2.24, 2.45) is 0 Å². The zero-order valence-corrected chi connectivity index (χ0v) is 16.8. The predicted molar refractivity (Wildman–Crippen MR) is 111 cm³/mol. The van der Waals surface area contributed by atoms with Crippen LogP contribution in [0.4, 0.5) is 13.2 Å². The van der Waals surface area contributed by atoms with Gasteiger partial charge in [-0.05, 0) is 54.8 Å². The van der Waals surface area contributed by atoms with Gasteiger partial charge in [-0.3, -0.25) is 14.8 Å². The smallest absolute Gasteiger partial charge is 0.337 e. The van der Waals surface area contributed by atoms with Crippen molar-refractivity contribution < 1.29 is 18.0 Å². The van der Waals surface area contributed by atoms with Crippen LogP contribution in [-0.4, -0.2) is 33.9 Å². The molecule has 0 bridgehead atoms. The monoisotopic (exact) mass is 425 g/mol. The highest BCUT2D eigenvalue weighted by Gasteiger charge is 2.30. The highest BCUT2D eigenvalue weighted by atomic mass is 19.4. The van der Waals surface area contributed by atoms with Gasteiger partial charge in [0.2, 0.25) is 0 Å². The largest absolute Gasteiger partial charge is 0.416 e. The van der Waals surface area contributed by atoms with Gasteiger partial charge in [-0.25, -0.2) is 0 Å². The van der Waals surface area contributed by atoms with E-state index >= 15 is 0 Å². The lowest BCUT2D eigenvalue weighted by atomic mass is 9.92. The number of benzene rings is 1. The number of alkyl halides is 3. The number of likely N-dealkylation sites (tertiary alicyclic amines) is 1. The highest BCUT2D eigenvalue weighted by molar-refractivity contribution is 5.92. The first kappa shape index (κ1) is 21.0. The first-order valence-electron chi connectivity index (χ1n) is 10.2. The van der Waals surface area contributed by atoms with Gasteiger partial charge in [-0.15, -0.1) is 0 Å². The maximum Gasteiger partial charge on any atom is 0.416 e. The normalized spacial score (nSPS) is 15.1. The summed E-state index contributed by atoms with van der Waals surface area (Å²) >= 11 is 0. The first-order chi connectivity index (χ1) is 14.9. The van der Waals surface area contributed by atoms with Crippen molar-refractivity contribution in [2.45, 2.75) is 31.4 Å². The van der Waals surface area contributed by atoms with Gasteiger partial charge in [-0.2, -0.15) is 13.2 Å². The van der Waals surface area contributed by atoms with E-state index in [1.165, 1.54) is 12.1 Å². The topological polar surface area (TPSA) is 46.1 Å². The molecule has 1 aliphatic heterocycles. The Kier molecular flexibility index (Phi) is 6.02. The number of hydrogen-bond donors (Lipinski definition) is 0. The van der Waals surface area contributed by atoms with Crippen LogP contribution in [0.1, 0.15) is 51.8 Å². The maximum atomic E-state index is 12.7. The molecule has 0 unspecified atom stereocenters. The van der Waals surface area contributed by atoms with E-state index in [1.807, 2.05) is 23.1 Å². The van der Waals surface area contributed by atoms with Crippen molar-refractivity contribution >= 4 is 5.91 Å². The number of amides is 1. The minimum absolute atomic E-state index is 0.0527. The first-order valence-corrected chi connectivity index (χ1v) is 10.2. The lowest BCUT2D eigenvalue weighted by Gasteiger charge is -2.31. The van der Waals surface area contributed by atoms with E-state index in [9.17, 15) is 18.0 Å². The molecule has 0 aliphatic carbocycles. The van der Waals surface area contributed by atoms with E-state index in [0.717, 1.165) is 41.9 Å². The Morgan fingerprint density at radius 2 is 1.71 bits per heavy atom. The van der Waals surface area contributed by atoms with Crippen molar-refractivity contribution in [3.8, 4) is 0 Å². The number of carbonyl (C=O) groups excluding carboxylic acids is 1. The van der Waals surface area contributed by atoms with E-state index in [0.29, 0.717) is 25.2 Å². The zero-order chi connectivity index (χ0) is 21.8. The van der Waals surface area contributed by atoms with Gasteiger partial charge in [0.25, 0.3) is 5.91 Å². The van der Waals surface area contributed by atoms with Crippen molar-refractivity contribution in [3.05, 3.63) is 95.1 Å². The second-order valence-corrected chi connectivity index (χ2v) is 7.71. The minimum atomic E-state index is -4.33. The van der Waals surface area contributed by atoms with E-state index in [2.05, 4.69) is 4.98 Å². The molecule has 1 aliphatic rings. The Balaban J connectivity index is 1.38. The van der Waals surface area contributed by atoms with Crippen LogP contribution in [0.2, 0.25) is 0 Å². The van der Waals surface area contributed by atoms with Gasteiger partial charge >= 0.3 is 6.18 Å². The second-order valence-electron chi connectivity index (χ2n) is 7.71. The van der Waals surface area contributed by atoms with E-state index < -0.39 is 11.7 Å². The number of aromatic nitrogens is 2. The third-order valence-corrected chi connectivity index (χ3v) is 5.58. The molecule has 0 radical (unpaired) electrons. The Labute approximate surface area is 178 Å². The molecule has 4 nitrogen and oxygen atoms in total. The fourth-order valence-electron chi connectivity index (χ4n) is 3.87. The summed E-state index contributed by atoms with van der Waals surface area (Å²) in [5.74, 6) is 0.198. The van der Waals surface area contributed by atoms with Crippen LogP contribution < -0.4 is 0 Å². The molecule has 1 aromatic carbocycles. The second kappa shape index (κ2) is 8.88. The van der Waals surface area contributed by atoms with Crippen LogP contribution in [-0.2, 0) is 12.6 Å². The third-order valence-electron chi connectivity index (χ3n) is 5.58. The number of halogens is 3. The number of nitrogens with zero attached hydrogens (tertiary/aromatic N) is 3. The maximum absolute atomic E-state index is 12.7. The zero-order valence-electron chi connectivity index (χ0n) is 16.8. The van der Waals surface area contributed by atoms with Gasteiger partial charge in [0, 0.05) is 43.0 Å². The number of hydrogen-bond acceptors (Lipinski definition) is 3. The van der Waals surface area contributed by atoms with Gasteiger partial charge in [-0.1, -0.05) is 24.3 Å². The molecule has 3 heterocycles. The molecule has 1 saturated heterocycles. The van der Waals surface area contributed by atoms with Crippen LogP contribution in [0.25, 0.3) is 0 Å². The molecule has 4 rings (SSSR count). The van der Waals surface area contributed by atoms with Gasteiger partial charge in [0.15, 0.2) is 0 Å². The number of pyridine rings is 2. The lowest BCUT2D eigenvalue weighted by molar-refractivity contribution is -0.137. The van der Waals surface area contributed by atoms with Crippen LogP contribution in [0.3, 0.4) is 0 Å². The summed E-state index contributed by atoms with van der Waals surface area (Å²) in [4.78, 5) is 23.3. The van der Waals surface area contributed by atoms with E-state index in [1.54, 1.807) is 24.4 Å². The van der Waals surface area contributed by atoms with Crippen LogP contribution in [0.5, 0.6) is 0 Å². The van der Waals surface area contributed by atoms with Crippen LogP contribution in [0, 0.1) is 0 Å². The summed E-state index contributed by atoms with van der Waals surface area (Å²) in [7, 11) is 0. The fourth-order valence-corrected chi connectivity index (χ4v) is 3.87. The average molecular weight is 425 g/mol. The summed E-state index contributed by atoms with van der Waals surface area (Å²) < 4.78 is 38.2. The van der Waals surface area contributed by atoms with Crippen molar-refractivity contribution in [3.63, 3.8) is 0 Å². The Morgan fingerprint density at radius 1 is 0.968 bits per heavy atom. The Hall–Kier alpha value is -3.22.